The van der Waals surface area contributed by atoms with Crippen molar-refractivity contribution in [3.8, 4) is 0 Å². The summed E-state index contributed by atoms with van der Waals surface area (Å²) in [7, 11) is 0. The molecule has 1 fully saturated rings. The standard InChI is InChI=1S/C24H31N3O2S2/c1-2-29-23(28)21-19-13-14-27(15-17-9-5-3-6-10-17)16-20(19)31-22(21)26-24(30)25-18-11-7-4-8-12-18/h3,5-6,9-10,18H,2,4,7-8,11-16H2,1H3,(H2,25,26,30). The van der Waals surface area contributed by atoms with Gasteiger partial charge in [-0.05, 0) is 49.5 Å². The van der Waals surface area contributed by atoms with Crippen LogP contribution in [0.1, 0.15) is 65.4 Å². The lowest BCUT2D eigenvalue weighted by Gasteiger charge is -2.27. The van der Waals surface area contributed by atoms with Gasteiger partial charge in [-0.3, -0.25) is 4.90 Å². The van der Waals surface area contributed by atoms with Gasteiger partial charge in [0.25, 0.3) is 0 Å². The Balaban J connectivity index is 1.50. The minimum atomic E-state index is -0.250. The van der Waals surface area contributed by atoms with Crippen molar-refractivity contribution >= 4 is 39.6 Å². The zero-order valence-corrected chi connectivity index (χ0v) is 19.7. The van der Waals surface area contributed by atoms with Gasteiger partial charge in [0.2, 0.25) is 0 Å². The number of carbonyl (C=O) groups is 1. The van der Waals surface area contributed by atoms with Crippen molar-refractivity contribution in [2.24, 2.45) is 0 Å². The Morgan fingerprint density at radius 1 is 1.23 bits per heavy atom. The average Bonchev–Trinajstić information content (AvgIpc) is 3.12. The smallest absolute Gasteiger partial charge is 0.341 e. The van der Waals surface area contributed by atoms with E-state index in [1.807, 2.05) is 13.0 Å². The number of thiocarbonyl (C=S) groups is 1. The molecular formula is C24H31N3O2S2. The van der Waals surface area contributed by atoms with Gasteiger partial charge in [-0.1, -0.05) is 49.6 Å². The van der Waals surface area contributed by atoms with Crippen molar-refractivity contribution in [2.45, 2.75) is 64.6 Å². The van der Waals surface area contributed by atoms with Gasteiger partial charge in [0.15, 0.2) is 5.11 Å². The number of ether oxygens (including phenoxy) is 1. The predicted octanol–water partition coefficient (Wildman–Crippen LogP) is 5.10. The molecule has 1 saturated carbocycles. The van der Waals surface area contributed by atoms with Gasteiger partial charge in [0.05, 0.1) is 12.2 Å². The summed E-state index contributed by atoms with van der Waals surface area (Å²) in [5, 5.41) is 8.22. The number of esters is 1. The number of hydrogen-bond acceptors (Lipinski definition) is 5. The number of rotatable bonds is 6. The van der Waals surface area contributed by atoms with Gasteiger partial charge < -0.3 is 15.4 Å². The summed E-state index contributed by atoms with van der Waals surface area (Å²) >= 11 is 7.24. The molecule has 2 aliphatic rings. The third-order valence-electron chi connectivity index (χ3n) is 6.03. The van der Waals surface area contributed by atoms with Gasteiger partial charge in [-0.25, -0.2) is 4.79 Å². The number of benzene rings is 1. The van der Waals surface area contributed by atoms with E-state index in [1.54, 1.807) is 11.3 Å². The molecule has 31 heavy (non-hydrogen) atoms. The van der Waals surface area contributed by atoms with Crippen molar-refractivity contribution in [3.05, 3.63) is 51.9 Å². The second kappa shape index (κ2) is 10.6. The van der Waals surface area contributed by atoms with E-state index in [9.17, 15) is 4.79 Å². The van der Waals surface area contributed by atoms with Gasteiger partial charge in [-0.15, -0.1) is 11.3 Å². The molecule has 0 amide bonds. The number of hydrogen-bond donors (Lipinski definition) is 2. The molecular weight excluding hydrogens is 426 g/mol. The summed E-state index contributed by atoms with van der Waals surface area (Å²) in [5.74, 6) is -0.250. The van der Waals surface area contributed by atoms with Crippen LogP contribution in [0.25, 0.3) is 0 Å². The first kappa shape index (κ1) is 22.2. The molecule has 0 saturated heterocycles. The molecule has 0 radical (unpaired) electrons. The molecule has 0 spiro atoms. The highest BCUT2D eigenvalue weighted by Crippen LogP contribution is 2.38. The van der Waals surface area contributed by atoms with Gasteiger partial charge in [0.1, 0.15) is 5.00 Å². The van der Waals surface area contributed by atoms with E-state index in [2.05, 4.69) is 39.8 Å². The Hall–Kier alpha value is -1.96. The minimum absolute atomic E-state index is 0.250. The van der Waals surface area contributed by atoms with Crippen LogP contribution < -0.4 is 10.6 Å². The molecule has 0 atom stereocenters. The quantitative estimate of drug-likeness (QED) is 0.465. The number of thiophene rings is 1. The van der Waals surface area contributed by atoms with E-state index >= 15 is 0 Å². The first-order valence-corrected chi connectivity index (χ1v) is 12.5. The van der Waals surface area contributed by atoms with E-state index < -0.39 is 0 Å². The predicted molar refractivity (Wildman–Crippen MR) is 131 cm³/mol. The lowest BCUT2D eigenvalue weighted by Crippen LogP contribution is -2.38. The number of carbonyl (C=O) groups excluding carboxylic acids is 1. The third-order valence-corrected chi connectivity index (χ3v) is 7.38. The molecule has 5 nitrogen and oxygen atoms in total. The Morgan fingerprint density at radius 2 is 2.00 bits per heavy atom. The lowest BCUT2D eigenvalue weighted by atomic mass is 9.96. The van der Waals surface area contributed by atoms with E-state index in [-0.39, 0.29) is 5.97 Å². The Morgan fingerprint density at radius 3 is 2.74 bits per heavy atom. The normalized spacial score (nSPS) is 17.1. The summed E-state index contributed by atoms with van der Waals surface area (Å²) in [6.45, 7) is 4.90. The fraction of sp³-hybridized carbons (Fsp3) is 0.500. The first-order valence-electron chi connectivity index (χ1n) is 11.3. The van der Waals surface area contributed by atoms with Crippen LogP contribution in [0, 0.1) is 0 Å². The van der Waals surface area contributed by atoms with Crippen molar-refractivity contribution in [3.63, 3.8) is 0 Å². The summed E-state index contributed by atoms with van der Waals surface area (Å²) in [5.41, 5.74) is 3.11. The topological polar surface area (TPSA) is 53.6 Å². The fourth-order valence-electron chi connectivity index (χ4n) is 4.51. The summed E-state index contributed by atoms with van der Waals surface area (Å²) in [6, 6.07) is 11.0. The third kappa shape index (κ3) is 5.64. The van der Waals surface area contributed by atoms with Crippen LogP contribution in [0.15, 0.2) is 30.3 Å². The molecule has 166 valence electrons. The maximum absolute atomic E-state index is 12.8. The molecule has 0 bridgehead atoms. The Kier molecular flexibility index (Phi) is 7.58. The van der Waals surface area contributed by atoms with E-state index in [0.29, 0.717) is 23.3 Å². The molecule has 1 aliphatic heterocycles. The van der Waals surface area contributed by atoms with Gasteiger partial charge in [0, 0.05) is 30.6 Å². The SMILES string of the molecule is CCOC(=O)c1c(NC(=S)NC2CCCCC2)sc2c1CCN(Cc1ccccc1)C2. The second-order valence-electron chi connectivity index (χ2n) is 8.31. The van der Waals surface area contributed by atoms with Crippen LogP contribution in [0.3, 0.4) is 0 Å². The summed E-state index contributed by atoms with van der Waals surface area (Å²) in [4.78, 5) is 16.5. The van der Waals surface area contributed by atoms with Crippen molar-refractivity contribution in [1.82, 2.24) is 10.2 Å². The highest BCUT2D eigenvalue weighted by molar-refractivity contribution is 7.80. The number of nitrogens with one attached hydrogen (secondary N) is 2. The van der Waals surface area contributed by atoms with Crippen LogP contribution in [-0.4, -0.2) is 35.2 Å². The van der Waals surface area contributed by atoms with Crippen molar-refractivity contribution < 1.29 is 9.53 Å². The fourth-order valence-corrected chi connectivity index (χ4v) is 6.13. The molecule has 1 aliphatic carbocycles. The van der Waals surface area contributed by atoms with Crippen LogP contribution in [-0.2, 0) is 24.2 Å². The largest absolute Gasteiger partial charge is 0.462 e. The van der Waals surface area contributed by atoms with E-state index in [1.165, 1.54) is 29.7 Å². The zero-order valence-electron chi connectivity index (χ0n) is 18.1. The number of nitrogens with zero attached hydrogens (tertiary/aromatic N) is 1. The molecule has 1 aromatic carbocycles. The van der Waals surface area contributed by atoms with Crippen LogP contribution in [0.4, 0.5) is 5.00 Å². The number of anilines is 1. The van der Waals surface area contributed by atoms with Crippen LogP contribution >= 0.6 is 23.6 Å². The highest BCUT2D eigenvalue weighted by atomic mass is 32.1. The molecule has 2 heterocycles. The van der Waals surface area contributed by atoms with Crippen LogP contribution in [0.2, 0.25) is 0 Å². The second-order valence-corrected chi connectivity index (χ2v) is 9.82. The molecule has 4 rings (SSSR count). The Labute approximate surface area is 194 Å². The summed E-state index contributed by atoms with van der Waals surface area (Å²) in [6.07, 6.45) is 6.96. The van der Waals surface area contributed by atoms with Crippen LogP contribution in [0.5, 0.6) is 0 Å². The molecule has 1 aromatic heterocycles. The maximum atomic E-state index is 12.8. The van der Waals surface area contributed by atoms with E-state index in [0.717, 1.165) is 49.5 Å². The Bertz CT molecular complexity index is 907. The monoisotopic (exact) mass is 457 g/mol. The highest BCUT2D eigenvalue weighted by Gasteiger charge is 2.29. The lowest BCUT2D eigenvalue weighted by molar-refractivity contribution is 0.0526. The molecule has 7 heteroatoms. The molecule has 2 N–H and O–H groups in total. The first-order chi connectivity index (χ1) is 15.1. The maximum Gasteiger partial charge on any atom is 0.341 e. The van der Waals surface area contributed by atoms with E-state index in [4.69, 9.17) is 17.0 Å². The molecule has 2 aromatic rings. The van der Waals surface area contributed by atoms with Gasteiger partial charge in [-0.2, -0.15) is 0 Å². The number of fused-ring (bicyclic) bond motifs is 1. The zero-order chi connectivity index (χ0) is 21.6. The minimum Gasteiger partial charge on any atom is -0.462 e. The van der Waals surface area contributed by atoms with Crippen molar-refractivity contribution in [1.29, 1.82) is 0 Å². The van der Waals surface area contributed by atoms with Gasteiger partial charge >= 0.3 is 5.97 Å². The van der Waals surface area contributed by atoms with Crippen molar-refractivity contribution in [2.75, 3.05) is 18.5 Å². The summed E-state index contributed by atoms with van der Waals surface area (Å²) < 4.78 is 5.40. The average molecular weight is 458 g/mol. The molecule has 0 unspecified atom stereocenters.